The molecule has 2 aromatic rings. The maximum atomic E-state index is 12.3. The largest absolute Gasteiger partial charge is 0.394 e. The third kappa shape index (κ3) is 5.09. The van der Waals surface area contributed by atoms with Gasteiger partial charge >= 0.3 is 0 Å². The molecule has 2 rings (SSSR count). The molecule has 8 heteroatoms. The smallest absolute Gasteiger partial charge is 0.269 e. The Kier molecular flexibility index (Phi) is 6.79. The number of nitrogens with zero attached hydrogens (tertiary/aromatic N) is 1. The maximum absolute atomic E-state index is 12.3. The van der Waals surface area contributed by atoms with Gasteiger partial charge in [0.15, 0.2) is 0 Å². The molecule has 26 heavy (non-hydrogen) atoms. The Morgan fingerprint density at radius 2 is 1.77 bits per heavy atom. The second-order valence-electron chi connectivity index (χ2n) is 5.90. The summed E-state index contributed by atoms with van der Waals surface area (Å²) in [4.78, 5) is 22.4. The first-order chi connectivity index (χ1) is 12.4. The lowest BCUT2D eigenvalue weighted by Crippen LogP contribution is -2.50. The minimum Gasteiger partial charge on any atom is -0.394 e. The highest BCUT2D eigenvalue weighted by Crippen LogP contribution is 2.20. The highest BCUT2D eigenvalue weighted by Gasteiger charge is 2.26. The number of rotatable bonds is 8. The van der Waals surface area contributed by atoms with Crippen LogP contribution in [0.5, 0.6) is 0 Å². The van der Waals surface area contributed by atoms with Crippen molar-refractivity contribution in [3.05, 3.63) is 75.8 Å². The second kappa shape index (κ2) is 9.04. The van der Waals surface area contributed by atoms with E-state index in [9.17, 15) is 25.1 Å². The van der Waals surface area contributed by atoms with Gasteiger partial charge in [0.1, 0.15) is 12.1 Å². The van der Waals surface area contributed by atoms with Crippen molar-refractivity contribution in [2.24, 2.45) is 5.73 Å². The van der Waals surface area contributed by atoms with E-state index in [2.05, 4.69) is 5.32 Å². The molecule has 0 heterocycles. The maximum Gasteiger partial charge on any atom is 0.269 e. The van der Waals surface area contributed by atoms with Crippen LogP contribution in [0.2, 0.25) is 0 Å². The van der Waals surface area contributed by atoms with Crippen LogP contribution in [0, 0.1) is 10.1 Å². The third-order valence-electron chi connectivity index (χ3n) is 3.98. The monoisotopic (exact) mass is 359 g/mol. The molecule has 0 aromatic heterocycles. The first kappa shape index (κ1) is 19.5. The number of nitrogens with two attached hydrogens (primary N) is 1. The van der Waals surface area contributed by atoms with Gasteiger partial charge in [-0.2, -0.15) is 0 Å². The third-order valence-corrected chi connectivity index (χ3v) is 3.98. The molecule has 0 radical (unpaired) electrons. The predicted octanol–water partition coefficient (Wildman–Crippen LogP) is 0.675. The van der Waals surface area contributed by atoms with Crippen molar-refractivity contribution in [2.75, 3.05) is 6.61 Å². The van der Waals surface area contributed by atoms with Gasteiger partial charge in [0.05, 0.1) is 17.6 Å². The molecule has 5 N–H and O–H groups in total. The lowest BCUT2D eigenvalue weighted by Gasteiger charge is -2.22. The Balaban J connectivity index is 1.99. The van der Waals surface area contributed by atoms with E-state index in [1.165, 1.54) is 24.3 Å². The molecule has 2 aromatic carbocycles. The average molecular weight is 359 g/mol. The van der Waals surface area contributed by atoms with Gasteiger partial charge in [-0.25, -0.2) is 0 Å². The van der Waals surface area contributed by atoms with Crippen molar-refractivity contribution in [1.82, 2.24) is 5.32 Å². The second-order valence-corrected chi connectivity index (χ2v) is 5.90. The topological polar surface area (TPSA) is 139 Å². The minimum atomic E-state index is -1.33. The van der Waals surface area contributed by atoms with Gasteiger partial charge in [-0.1, -0.05) is 30.3 Å². The molecule has 0 saturated heterocycles. The van der Waals surface area contributed by atoms with Crippen molar-refractivity contribution < 1.29 is 19.9 Å². The van der Waals surface area contributed by atoms with Crippen molar-refractivity contribution in [3.8, 4) is 0 Å². The number of hydrogen-bond donors (Lipinski definition) is 4. The van der Waals surface area contributed by atoms with E-state index in [1.54, 1.807) is 0 Å². The van der Waals surface area contributed by atoms with Crippen molar-refractivity contribution >= 4 is 11.6 Å². The summed E-state index contributed by atoms with van der Waals surface area (Å²) in [6, 6.07) is 12.7. The molecular formula is C18H21N3O5. The summed E-state index contributed by atoms with van der Waals surface area (Å²) in [5, 5.41) is 33.0. The molecule has 0 aliphatic rings. The highest BCUT2D eigenvalue weighted by atomic mass is 16.6. The summed E-state index contributed by atoms with van der Waals surface area (Å²) < 4.78 is 0. The summed E-state index contributed by atoms with van der Waals surface area (Å²) in [5.74, 6) is -0.620. The number of hydrogen-bond acceptors (Lipinski definition) is 6. The molecule has 138 valence electrons. The van der Waals surface area contributed by atoms with E-state index >= 15 is 0 Å². The number of amides is 1. The minimum absolute atomic E-state index is 0.123. The van der Waals surface area contributed by atoms with Crippen LogP contribution in [-0.4, -0.2) is 39.7 Å². The number of benzene rings is 2. The fraction of sp³-hybridized carbons (Fsp3) is 0.278. The number of carbonyl (C=O) groups is 1. The van der Waals surface area contributed by atoms with E-state index in [1.807, 2.05) is 30.3 Å². The zero-order valence-electron chi connectivity index (χ0n) is 14.0. The van der Waals surface area contributed by atoms with Crippen molar-refractivity contribution in [1.29, 1.82) is 0 Å². The molecule has 0 fully saturated rings. The molecule has 0 bridgehead atoms. The molecule has 1 amide bonds. The molecule has 0 unspecified atom stereocenters. The van der Waals surface area contributed by atoms with E-state index in [4.69, 9.17) is 5.73 Å². The lowest BCUT2D eigenvalue weighted by molar-refractivity contribution is -0.384. The zero-order chi connectivity index (χ0) is 19.1. The van der Waals surface area contributed by atoms with Gasteiger partial charge in [0.25, 0.3) is 5.69 Å². The molecular weight excluding hydrogens is 338 g/mol. The number of aliphatic hydroxyl groups excluding tert-OH is 2. The van der Waals surface area contributed by atoms with Gasteiger partial charge in [-0.05, 0) is 29.7 Å². The summed E-state index contributed by atoms with van der Waals surface area (Å²) in [6.45, 7) is -0.277. The summed E-state index contributed by atoms with van der Waals surface area (Å²) in [7, 11) is 0. The Morgan fingerprint density at radius 1 is 1.15 bits per heavy atom. The number of nitrogens with one attached hydrogen (secondary N) is 1. The van der Waals surface area contributed by atoms with Gasteiger partial charge in [-0.3, -0.25) is 14.9 Å². The molecule has 8 nitrogen and oxygen atoms in total. The van der Waals surface area contributed by atoms with Crippen LogP contribution in [0.25, 0.3) is 0 Å². The normalized spacial score (nSPS) is 14.3. The Hall–Kier alpha value is -2.81. The number of nitro groups is 1. The molecule has 3 atom stereocenters. The molecule has 0 spiro atoms. The van der Waals surface area contributed by atoms with Gasteiger partial charge in [-0.15, -0.1) is 0 Å². The lowest BCUT2D eigenvalue weighted by atomic mass is 10.0. The van der Waals surface area contributed by atoms with E-state index in [0.717, 1.165) is 5.56 Å². The van der Waals surface area contributed by atoms with Gasteiger partial charge in [0.2, 0.25) is 5.91 Å². The van der Waals surface area contributed by atoms with Crippen LogP contribution in [0.1, 0.15) is 17.2 Å². The average Bonchev–Trinajstić information content (AvgIpc) is 2.67. The Morgan fingerprint density at radius 3 is 2.31 bits per heavy atom. The first-order valence-electron chi connectivity index (χ1n) is 8.05. The van der Waals surface area contributed by atoms with Crippen LogP contribution in [0.3, 0.4) is 0 Å². The predicted molar refractivity (Wildman–Crippen MR) is 95.2 cm³/mol. The summed E-state index contributed by atoms with van der Waals surface area (Å²) in [6.07, 6.45) is -0.907. The Labute approximate surface area is 150 Å². The number of non-ortho nitro benzene ring substituents is 1. The van der Waals surface area contributed by atoms with Crippen LogP contribution in [-0.2, 0) is 11.2 Å². The Bertz CT molecular complexity index is 736. The molecule has 0 aliphatic carbocycles. The standard InChI is InChI=1S/C18H21N3O5/c19-16(17(23)13-6-8-15(9-7-13)21(25)26)18(24)20-14(11-22)10-12-4-2-1-3-5-12/h1-9,14,16-17,22-23H,10-11,19H2,(H,20,24)/t14-,16+,17-/m0/s1. The van der Waals surface area contributed by atoms with Crippen LogP contribution >= 0.6 is 0 Å². The summed E-state index contributed by atoms with van der Waals surface area (Å²) in [5.41, 5.74) is 6.92. The quantitative estimate of drug-likeness (QED) is 0.404. The number of carbonyl (C=O) groups excluding carboxylic acids is 1. The van der Waals surface area contributed by atoms with Crippen molar-refractivity contribution in [3.63, 3.8) is 0 Å². The summed E-state index contributed by atoms with van der Waals surface area (Å²) >= 11 is 0. The fourth-order valence-electron chi connectivity index (χ4n) is 2.50. The van der Waals surface area contributed by atoms with E-state index in [0.29, 0.717) is 12.0 Å². The van der Waals surface area contributed by atoms with Crippen molar-refractivity contribution in [2.45, 2.75) is 24.6 Å². The van der Waals surface area contributed by atoms with Gasteiger partial charge < -0.3 is 21.3 Å². The zero-order valence-corrected chi connectivity index (χ0v) is 14.0. The fourth-order valence-corrected chi connectivity index (χ4v) is 2.50. The first-order valence-corrected chi connectivity index (χ1v) is 8.05. The number of nitro benzene ring substituents is 1. The SMILES string of the molecule is N[C@@H](C(=O)N[C@H](CO)Cc1ccccc1)[C@@H](O)c1ccc([N+](=O)[O-])cc1. The highest BCUT2D eigenvalue weighted by molar-refractivity contribution is 5.82. The number of aliphatic hydroxyl groups is 2. The van der Waals surface area contributed by atoms with Crippen LogP contribution < -0.4 is 11.1 Å². The van der Waals surface area contributed by atoms with Crippen LogP contribution in [0.4, 0.5) is 5.69 Å². The van der Waals surface area contributed by atoms with E-state index in [-0.39, 0.29) is 12.3 Å². The molecule has 0 aliphatic heterocycles. The van der Waals surface area contributed by atoms with E-state index < -0.39 is 29.0 Å². The van der Waals surface area contributed by atoms with Crippen LogP contribution in [0.15, 0.2) is 54.6 Å². The molecule has 0 saturated carbocycles. The van der Waals surface area contributed by atoms with Gasteiger partial charge in [0, 0.05) is 12.1 Å².